The van der Waals surface area contributed by atoms with Gasteiger partial charge >= 0.3 is 5.97 Å². The minimum absolute atomic E-state index is 0.0695. The van der Waals surface area contributed by atoms with Crippen LogP contribution in [-0.2, 0) is 16.0 Å². The summed E-state index contributed by atoms with van der Waals surface area (Å²) in [6.45, 7) is 0.628. The lowest BCUT2D eigenvalue weighted by atomic mass is 10.0. The fourth-order valence-corrected chi connectivity index (χ4v) is 3.52. The first-order valence-electron chi connectivity index (χ1n) is 9.63. The maximum absolute atomic E-state index is 11.3. The van der Waals surface area contributed by atoms with E-state index in [9.17, 15) is 9.90 Å². The number of carbonyl (C=O) groups is 1. The summed E-state index contributed by atoms with van der Waals surface area (Å²) in [6.07, 6.45) is 5.84. The predicted octanol–water partition coefficient (Wildman–Crippen LogP) is 3.28. The molecule has 5 nitrogen and oxygen atoms in total. The van der Waals surface area contributed by atoms with Gasteiger partial charge in [-0.3, -0.25) is 0 Å². The van der Waals surface area contributed by atoms with Crippen LogP contribution in [0.25, 0.3) is 6.08 Å². The monoisotopic (exact) mass is 381 g/mol. The van der Waals surface area contributed by atoms with Gasteiger partial charge in [0.25, 0.3) is 0 Å². The molecule has 2 atom stereocenters. The van der Waals surface area contributed by atoms with E-state index in [0.29, 0.717) is 13.0 Å². The van der Waals surface area contributed by atoms with E-state index >= 15 is 0 Å². The molecule has 0 aromatic heterocycles. The first kappa shape index (κ1) is 20.1. The second-order valence-corrected chi connectivity index (χ2v) is 6.91. The molecule has 0 spiro atoms. The van der Waals surface area contributed by atoms with Gasteiger partial charge in [-0.05, 0) is 54.2 Å². The summed E-state index contributed by atoms with van der Waals surface area (Å²) in [5.41, 5.74) is 3.55. The summed E-state index contributed by atoms with van der Waals surface area (Å²) in [7, 11) is 1.37. The molecular weight excluding hydrogens is 354 g/mol. The van der Waals surface area contributed by atoms with Crippen molar-refractivity contribution in [3.8, 4) is 5.75 Å². The number of nitrogens with one attached hydrogen (secondary N) is 1. The van der Waals surface area contributed by atoms with Gasteiger partial charge in [0.05, 0.1) is 7.11 Å². The van der Waals surface area contributed by atoms with Crippen molar-refractivity contribution < 1.29 is 19.4 Å². The molecule has 28 heavy (non-hydrogen) atoms. The molecule has 2 aromatic carbocycles. The maximum Gasteiger partial charge on any atom is 0.330 e. The van der Waals surface area contributed by atoms with Crippen molar-refractivity contribution in [2.24, 2.45) is 0 Å². The summed E-state index contributed by atoms with van der Waals surface area (Å²) in [6, 6.07) is 16.3. The van der Waals surface area contributed by atoms with Crippen molar-refractivity contribution in [1.29, 1.82) is 0 Å². The molecule has 0 radical (unpaired) electrons. The van der Waals surface area contributed by atoms with Gasteiger partial charge in [-0.2, -0.15) is 0 Å². The zero-order valence-corrected chi connectivity index (χ0v) is 16.1. The number of benzene rings is 2. The minimum Gasteiger partial charge on any atom is -0.492 e. The van der Waals surface area contributed by atoms with Crippen LogP contribution >= 0.6 is 0 Å². The molecule has 0 aliphatic heterocycles. The fourth-order valence-electron chi connectivity index (χ4n) is 3.52. The standard InChI is InChI=1S/C23H27NO4/c1-27-23(26)12-8-17-7-10-21-18(15-17)9-11-22(21)24-19(13-14-25)16-28-20-5-3-2-4-6-20/h2-8,10,12,15,19,22,24-25H,9,11,13-14,16H2,1H3. The molecular formula is C23H27NO4. The molecule has 3 rings (SSSR count). The molecule has 0 bridgehead atoms. The summed E-state index contributed by atoms with van der Waals surface area (Å²) >= 11 is 0. The van der Waals surface area contributed by atoms with E-state index in [-0.39, 0.29) is 24.7 Å². The SMILES string of the molecule is COC(=O)C=Cc1ccc2c(c1)CCC2NC(CCO)COc1ccccc1. The van der Waals surface area contributed by atoms with Crippen molar-refractivity contribution in [2.45, 2.75) is 31.3 Å². The number of aliphatic hydroxyl groups excluding tert-OH is 1. The fraction of sp³-hybridized carbons (Fsp3) is 0.348. The second-order valence-electron chi connectivity index (χ2n) is 6.91. The first-order valence-corrected chi connectivity index (χ1v) is 9.63. The Morgan fingerprint density at radius 1 is 1.29 bits per heavy atom. The molecule has 2 unspecified atom stereocenters. The number of aliphatic hydroxyl groups is 1. The Bertz CT molecular complexity index is 804. The Morgan fingerprint density at radius 2 is 2.11 bits per heavy atom. The summed E-state index contributed by atoms with van der Waals surface area (Å²) in [4.78, 5) is 11.3. The Morgan fingerprint density at radius 3 is 2.86 bits per heavy atom. The molecule has 0 amide bonds. The third kappa shape index (κ3) is 5.44. The van der Waals surface area contributed by atoms with Crippen LogP contribution in [0.4, 0.5) is 0 Å². The lowest BCUT2D eigenvalue weighted by molar-refractivity contribution is -0.134. The van der Waals surface area contributed by atoms with Crippen LogP contribution in [0.5, 0.6) is 5.75 Å². The van der Waals surface area contributed by atoms with Gasteiger partial charge in [0.15, 0.2) is 0 Å². The van der Waals surface area contributed by atoms with Gasteiger partial charge in [0.1, 0.15) is 12.4 Å². The Kier molecular flexibility index (Phi) is 7.23. The van der Waals surface area contributed by atoms with Crippen LogP contribution in [0, 0.1) is 0 Å². The molecule has 1 aliphatic carbocycles. The van der Waals surface area contributed by atoms with Gasteiger partial charge in [-0.15, -0.1) is 0 Å². The Hall–Kier alpha value is -2.63. The van der Waals surface area contributed by atoms with Gasteiger partial charge in [0.2, 0.25) is 0 Å². The van der Waals surface area contributed by atoms with E-state index in [1.54, 1.807) is 6.08 Å². The van der Waals surface area contributed by atoms with Crippen LogP contribution < -0.4 is 10.1 Å². The van der Waals surface area contributed by atoms with E-state index in [1.807, 2.05) is 36.4 Å². The van der Waals surface area contributed by atoms with Crippen LogP contribution in [0.2, 0.25) is 0 Å². The van der Waals surface area contributed by atoms with Gasteiger partial charge in [0, 0.05) is 24.8 Å². The predicted molar refractivity (Wildman–Crippen MR) is 109 cm³/mol. The third-order valence-electron chi connectivity index (χ3n) is 4.97. The van der Waals surface area contributed by atoms with E-state index in [1.165, 1.54) is 24.3 Å². The maximum atomic E-state index is 11.3. The van der Waals surface area contributed by atoms with Crippen molar-refractivity contribution in [2.75, 3.05) is 20.3 Å². The quantitative estimate of drug-likeness (QED) is 0.515. The average Bonchev–Trinajstić information content (AvgIpc) is 3.13. The van der Waals surface area contributed by atoms with Crippen LogP contribution in [0.3, 0.4) is 0 Å². The average molecular weight is 381 g/mol. The Labute approximate surface area is 166 Å². The van der Waals surface area contributed by atoms with E-state index < -0.39 is 0 Å². The highest BCUT2D eigenvalue weighted by atomic mass is 16.5. The first-order chi connectivity index (χ1) is 13.7. The zero-order valence-electron chi connectivity index (χ0n) is 16.1. The summed E-state index contributed by atoms with van der Waals surface area (Å²) < 4.78 is 10.5. The molecule has 5 heteroatoms. The van der Waals surface area contributed by atoms with E-state index in [4.69, 9.17) is 4.74 Å². The summed E-state index contributed by atoms with van der Waals surface area (Å²) in [5, 5.41) is 13.1. The summed E-state index contributed by atoms with van der Waals surface area (Å²) in [5.74, 6) is 0.478. The van der Waals surface area contributed by atoms with E-state index in [2.05, 4.69) is 22.2 Å². The van der Waals surface area contributed by atoms with Gasteiger partial charge in [-0.1, -0.05) is 36.4 Å². The number of aryl methyl sites for hydroxylation is 1. The molecule has 148 valence electrons. The van der Waals surface area contributed by atoms with Crippen molar-refractivity contribution in [3.05, 3.63) is 71.3 Å². The number of hydrogen-bond donors (Lipinski definition) is 2. The highest BCUT2D eigenvalue weighted by Gasteiger charge is 2.25. The Balaban J connectivity index is 1.62. The topological polar surface area (TPSA) is 67.8 Å². The van der Waals surface area contributed by atoms with Gasteiger partial charge in [-0.25, -0.2) is 4.79 Å². The number of hydrogen-bond acceptors (Lipinski definition) is 5. The number of fused-ring (bicyclic) bond motifs is 1. The van der Waals surface area contributed by atoms with Crippen LogP contribution in [0.1, 0.15) is 35.6 Å². The smallest absolute Gasteiger partial charge is 0.330 e. The molecule has 0 fully saturated rings. The highest BCUT2D eigenvalue weighted by Crippen LogP contribution is 2.32. The van der Waals surface area contributed by atoms with Crippen molar-refractivity contribution in [1.82, 2.24) is 5.32 Å². The highest BCUT2D eigenvalue weighted by molar-refractivity contribution is 5.86. The number of ether oxygens (including phenoxy) is 2. The molecule has 0 heterocycles. The largest absolute Gasteiger partial charge is 0.492 e. The van der Waals surface area contributed by atoms with Gasteiger partial charge < -0.3 is 19.9 Å². The van der Waals surface area contributed by atoms with Crippen LogP contribution in [-0.4, -0.2) is 37.4 Å². The van der Waals surface area contributed by atoms with Crippen molar-refractivity contribution in [3.63, 3.8) is 0 Å². The molecule has 0 saturated carbocycles. The van der Waals surface area contributed by atoms with Crippen molar-refractivity contribution >= 4 is 12.0 Å². The van der Waals surface area contributed by atoms with E-state index in [0.717, 1.165) is 24.2 Å². The normalized spacial score (nSPS) is 16.7. The minimum atomic E-state index is -0.356. The number of carbonyl (C=O) groups excluding carboxylic acids is 1. The molecule has 2 N–H and O–H groups in total. The second kappa shape index (κ2) is 10.1. The lowest BCUT2D eigenvalue weighted by Crippen LogP contribution is -2.37. The number of para-hydroxylation sites is 1. The molecule has 2 aromatic rings. The lowest BCUT2D eigenvalue weighted by Gasteiger charge is -2.23. The zero-order chi connectivity index (χ0) is 19.8. The third-order valence-corrected chi connectivity index (χ3v) is 4.97. The number of esters is 1. The molecule has 0 saturated heterocycles. The molecule has 1 aliphatic rings. The van der Waals surface area contributed by atoms with Crippen LogP contribution in [0.15, 0.2) is 54.6 Å². The number of methoxy groups -OCH3 is 1. The number of rotatable bonds is 9.